The standard InChI is InChI=1S/C23H30N4O3/c1-16-5-6-19-17(13-16)7-12-27(19)20-14-21(25-15-24-20)29-18-8-10-26(11-9-18)22(28)30-23(2,3)4/h5-6,13-15,18H,7-12H2,1-4H3. The Labute approximate surface area is 178 Å². The minimum absolute atomic E-state index is 0.0277. The SMILES string of the molecule is Cc1ccc2c(c1)CCN2c1cc(OC2CCN(C(=O)OC(C)(C)C)CC2)ncn1. The fourth-order valence-electron chi connectivity index (χ4n) is 3.96. The zero-order valence-corrected chi connectivity index (χ0v) is 18.2. The van der Waals surface area contributed by atoms with E-state index in [0.717, 1.165) is 31.6 Å². The summed E-state index contributed by atoms with van der Waals surface area (Å²) < 4.78 is 11.6. The third-order valence-corrected chi connectivity index (χ3v) is 5.42. The van der Waals surface area contributed by atoms with Crippen LogP contribution in [0.4, 0.5) is 16.3 Å². The highest BCUT2D eigenvalue weighted by Gasteiger charge is 2.28. The zero-order chi connectivity index (χ0) is 21.3. The van der Waals surface area contributed by atoms with Crippen LogP contribution in [0.2, 0.25) is 0 Å². The van der Waals surface area contributed by atoms with Crippen molar-refractivity contribution in [2.45, 2.75) is 58.7 Å². The van der Waals surface area contributed by atoms with Crippen LogP contribution in [0.3, 0.4) is 0 Å². The molecule has 2 aliphatic heterocycles. The predicted molar refractivity (Wildman–Crippen MR) is 115 cm³/mol. The van der Waals surface area contributed by atoms with Crippen LogP contribution in [0, 0.1) is 6.92 Å². The molecule has 0 saturated carbocycles. The number of aromatic nitrogens is 2. The van der Waals surface area contributed by atoms with E-state index in [4.69, 9.17) is 9.47 Å². The Kier molecular flexibility index (Phi) is 5.54. The monoisotopic (exact) mass is 410 g/mol. The largest absolute Gasteiger partial charge is 0.474 e. The Hall–Kier alpha value is -2.83. The van der Waals surface area contributed by atoms with Crippen LogP contribution < -0.4 is 9.64 Å². The van der Waals surface area contributed by atoms with Gasteiger partial charge in [0.05, 0.1) is 0 Å². The van der Waals surface area contributed by atoms with Crippen LogP contribution in [0.15, 0.2) is 30.6 Å². The zero-order valence-electron chi connectivity index (χ0n) is 18.2. The maximum atomic E-state index is 12.2. The van der Waals surface area contributed by atoms with E-state index < -0.39 is 5.60 Å². The van der Waals surface area contributed by atoms with Crippen LogP contribution in [-0.2, 0) is 11.2 Å². The molecule has 7 heteroatoms. The number of rotatable bonds is 3. The Morgan fingerprint density at radius 2 is 1.87 bits per heavy atom. The summed E-state index contributed by atoms with van der Waals surface area (Å²) in [6.45, 7) is 9.91. The highest BCUT2D eigenvalue weighted by atomic mass is 16.6. The molecule has 30 heavy (non-hydrogen) atoms. The average Bonchev–Trinajstić information content (AvgIpc) is 3.10. The molecular formula is C23H30N4O3. The van der Waals surface area contributed by atoms with Gasteiger partial charge >= 0.3 is 6.09 Å². The second-order valence-electron chi connectivity index (χ2n) is 9.03. The number of carbonyl (C=O) groups excluding carboxylic acids is 1. The van der Waals surface area contributed by atoms with Gasteiger partial charge in [-0.1, -0.05) is 17.7 Å². The Morgan fingerprint density at radius 3 is 2.60 bits per heavy atom. The van der Waals surface area contributed by atoms with Crippen LogP contribution in [-0.4, -0.2) is 52.3 Å². The van der Waals surface area contributed by atoms with Crippen molar-refractivity contribution < 1.29 is 14.3 Å². The summed E-state index contributed by atoms with van der Waals surface area (Å²) in [5, 5.41) is 0. The number of piperidine rings is 1. The lowest BCUT2D eigenvalue weighted by Gasteiger charge is -2.33. The summed E-state index contributed by atoms with van der Waals surface area (Å²) in [7, 11) is 0. The number of amides is 1. The van der Waals surface area contributed by atoms with Crippen molar-refractivity contribution in [2.24, 2.45) is 0 Å². The topological polar surface area (TPSA) is 67.8 Å². The van der Waals surface area contributed by atoms with Gasteiger partial charge in [-0.15, -0.1) is 0 Å². The molecule has 160 valence electrons. The summed E-state index contributed by atoms with van der Waals surface area (Å²) in [6.07, 6.45) is 3.86. The maximum Gasteiger partial charge on any atom is 0.410 e. The molecule has 1 aromatic carbocycles. The molecule has 1 amide bonds. The van der Waals surface area contributed by atoms with Gasteiger partial charge in [-0.3, -0.25) is 0 Å². The van der Waals surface area contributed by atoms with Gasteiger partial charge in [-0.2, -0.15) is 0 Å². The quantitative estimate of drug-likeness (QED) is 0.753. The van der Waals surface area contributed by atoms with Crippen molar-refractivity contribution in [3.63, 3.8) is 0 Å². The average molecular weight is 411 g/mol. The molecule has 0 unspecified atom stereocenters. The highest BCUT2D eigenvalue weighted by Crippen LogP contribution is 2.34. The van der Waals surface area contributed by atoms with Gasteiger partial charge in [0.15, 0.2) is 0 Å². The number of carbonyl (C=O) groups is 1. The van der Waals surface area contributed by atoms with Crippen molar-refractivity contribution in [1.82, 2.24) is 14.9 Å². The number of anilines is 2. The molecule has 2 aromatic rings. The van der Waals surface area contributed by atoms with Gasteiger partial charge in [0.1, 0.15) is 23.9 Å². The molecule has 0 spiro atoms. The van der Waals surface area contributed by atoms with Crippen LogP contribution >= 0.6 is 0 Å². The molecule has 0 atom stereocenters. The van der Waals surface area contributed by atoms with Crippen molar-refractivity contribution in [3.8, 4) is 5.88 Å². The minimum atomic E-state index is -0.478. The van der Waals surface area contributed by atoms with E-state index in [9.17, 15) is 4.79 Å². The number of fused-ring (bicyclic) bond motifs is 1. The lowest BCUT2D eigenvalue weighted by molar-refractivity contribution is 0.0123. The van der Waals surface area contributed by atoms with Crippen LogP contribution in [0.5, 0.6) is 5.88 Å². The first-order chi connectivity index (χ1) is 14.3. The van der Waals surface area contributed by atoms with Crippen LogP contribution in [0.25, 0.3) is 0 Å². The van der Waals surface area contributed by atoms with Crippen molar-refractivity contribution in [1.29, 1.82) is 0 Å². The lowest BCUT2D eigenvalue weighted by atomic mass is 10.1. The number of nitrogens with zero attached hydrogens (tertiary/aromatic N) is 4. The molecule has 0 radical (unpaired) electrons. The molecule has 0 aliphatic carbocycles. The van der Waals surface area contributed by atoms with Gasteiger partial charge in [0.25, 0.3) is 0 Å². The van der Waals surface area contributed by atoms with Gasteiger partial charge in [0.2, 0.25) is 5.88 Å². The fraction of sp³-hybridized carbons (Fsp3) is 0.522. The summed E-state index contributed by atoms with van der Waals surface area (Å²) in [5.74, 6) is 1.44. The molecular weight excluding hydrogens is 380 g/mol. The number of benzene rings is 1. The molecule has 3 heterocycles. The summed E-state index contributed by atoms with van der Waals surface area (Å²) >= 11 is 0. The van der Waals surface area contributed by atoms with Gasteiger partial charge < -0.3 is 19.3 Å². The summed E-state index contributed by atoms with van der Waals surface area (Å²) in [5.41, 5.74) is 3.36. The molecule has 4 rings (SSSR count). The number of aryl methyl sites for hydroxylation is 1. The maximum absolute atomic E-state index is 12.2. The lowest BCUT2D eigenvalue weighted by Crippen LogP contribution is -2.44. The van der Waals surface area contributed by atoms with Crippen molar-refractivity contribution in [2.75, 3.05) is 24.5 Å². The Morgan fingerprint density at radius 1 is 1.10 bits per heavy atom. The molecule has 1 fully saturated rings. The van der Waals surface area contributed by atoms with E-state index in [1.54, 1.807) is 11.2 Å². The van der Waals surface area contributed by atoms with E-state index in [-0.39, 0.29) is 12.2 Å². The molecule has 7 nitrogen and oxygen atoms in total. The highest BCUT2D eigenvalue weighted by molar-refractivity contribution is 5.69. The molecule has 0 N–H and O–H groups in total. The van der Waals surface area contributed by atoms with Gasteiger partial charge in [-0.05, 0) is 45.7 Å². The number of likely N-dealkylation sites (tertiary alicyclic amines) is 1. The van der Waals surface area contributed by atoms with Crippen LogP contribution in [0.1, 0.15) is 44.7 Å². The van der Waals surface area contributed by atoms with Gasteiger partial charge in [-0.25, -0.2) is 14.8 Å². The summed E-state index contributed by atoms with van der Waals surface area (Å²) in [4.78, 5) is 25.0. The second-order valence-corrected chi connectivity index (χ2v) is 9.03. The number of hydrogen-bond acceptors (Lipinski definition) is 6. The summed E-state index contributed by atoms with van der Waals surface area (Å²) in [6, 6.07) is 8.45. The second kappa shape index (κ2) is 8.13. The van der Waals surface area contributed by atoms with E-state index in [2.05, 4.69) is 40.0 Å². The smallest absolute Gasteiger partial charge is 0.410 e. The fourth-order valence-corrected chi connectivity index (χ4v) is 3.96. The van der Waals surface area contributed by atoms with Crippen molar-refractivity contribution >= 4 is 17.6 Å². The van der Waals surface area contributed by atoms with Gasteiger partial charge in [0, 0.05) is 44.2 Å². The van der Waals surface area contributed by atoms with E-state index in [1.165, 1.54) is 16.8 Å². The van der Waals surface area contributed by atoms with E-state index in [0.29, 0.717) is 19.0 Å². The van der Waals surface area contributed by atoms with Crippen molar-refractivity contribution in [3.05, 3.63) is 41.7 Å². The minimum Gasteiger partial charge on any atom is -0.474 e. The predicted octanol–water partition coefficient (Wildman–Crippen LogP) is 4.26. The third kappa shape index (κ3) is 4.66. The first-order valence-corrected chi connectivity index (χ1v) is 10.6. The number of ether oxygens (including phenoxy) is 2. The Bertz CT molecular complexity index is 917. The molecule has 1 saturated heterocycles. The number of hydrogen-bond donors (Lipinski definition) is 0. The molecule has 2 aliphatic rings. The third-order valence-electron chi connectivity index (χ3n) is 5.42. The first-order valence-electron chi connectivity index (χ1n) is 10.6. The molecule has 0 bridgehead atoms. The first kappa shape index (κ1) is 20.4. The van der Waals surface area contributed by atoms with E-state index in [1.807, 2.05) is 26.8 Å². The Balaban J connectivity index is 1.37. The van der Waals surface area contributed by atoms with E-state index >= 15 is 0 Å². The normalized spacial score (nSPS) is 17.1. The molecule has 1 aromatic heterocycles.